The zero-order chi connectivity index (χ0) is 24.3. The van der Waals surface area contributed by atoms with E-state index < -0.39 is 11.7 Å². The smallest absolute Gasteiger partial charge is 0.384 e. The van der Waals surface area contributed by atoms with E-state index in [1.165, 1.54) is 6.07 Å². The normalized spacial score (nSPS) is 13.0. The van der Waals surface area contributed by atoms with Gasteiger partial charge in [-0.25, -0.2) is 4.98 Å². The minimum Gasteiger partial charge on any atom is -0.384 e. The third-order valence-electron chi connectivity index (χ3n) is 5.86. The number of fused-ring (bicyclic) bond motifs is 1. The number of likely N-dealkylation sites (N-methyl/N-ethyl adjacent to an activating group) is 1. The third kappa shape index (κ3) is 5.39. The van der Waals surface area contributed by atoms with Crippen molar-refractivity contribution in [3.8, 4) is 0 Å². The molecule has 1 N–H and O–H groups in total. The van der Waals surface area contributed by atoms with Crippen LogP contribution in [-0.2, 0) is 19.0 Å². The van der Waals surface area contributed by atoms with Gasteiger partial charge in [0, 0.05) is 37.1 Å². The van der Waals surface area contributed by atoms with E-state index in [2.05, 4.69) is 10.3 Å². The number of nitrogens with zero attached hydrogens (tertiary/aromatic N) is 3. The molecule has 1 aliphatic rings. The average Bonchev–Trinajstić information content (AvgIpc) is 3.28. The first-order valence-corrected chi connectivity index (χ1v) is 11.2. The highest BCUT2D eigenvalue weighted by atomic mass is 19.4. The van der Waals surface area contributed by atoms with E-state index >= 15 is 0 Å². The minimum atomic E-state index is -4.39. The fourth-order valence-corrected chi connectivity index (χ4v) is 4.12. The minimum absolute atomic E-state index is 0.133. The molecule has 1 amide bonds. The number of carbonyl (C=O) groups is 1. The molecule has 1 aromatic heterocycles. The number of hydrogen-bond donors (Lipinski definition) is 1. The molecule has 0 bridgehead atoms. The molecule has 1 aliphatic heterocycles. The number of aromatic nitrogens is 1. The zero-order valence-corrected chi connectivity index (χ0v) is 19.2. The van der Waals surface area contributed by atoms with E-state index in [1.54, 1.807) is 29.3 Å². The lowest BCUT2D eigenvalue weighted by molar-refractivity contribution is -0.137. The van der Waals surface area contributed by atoms with Crippen LogP contribution in [0.2, 0.25) is 0 Å². The number of halogens is 3. The topological polar surface area (TPSA) is 48.5 Å². The van der Waals surface area contributed by atoms with Gasteiger partial charge in [-0.15, -0.1) is 0 Å². The van der Waals surface area contributed by atoms with Crippen molar-refractivity contribution < 1.29 is 18.0 Å². The monoisotopic (exact) mass is 468 g/mol. The van der Waals surface area contributed by atoms with Gasteiger partial charge in [-0.1, -0.05) is 24.3 Å². The van der Waals surface area contributed by atoms with Crippen molar-refractivity contribution in [1.29, 1.82) is 0 Å². The summed E-state index contributed by atoms with van der Waals surface area (Å²) in [6, 6.07) is 14.5. The molecule has 5 nitrogen and oxygen atoms in total. The molecule has 4 rings (SSSR count). The van der Waals surface area contributed by atoms with Crippen LogP contribution >= 0.6 is 0 Å². The van der Waals surface area contributed by atoms with Gasteiger partial charge in [0.25, 0.3) is 5.91 Å². The number of hydrogen-bond acceptors (Lipinski definition) is 4. The maximum Gasteiger partial charge on any atom is 0.416 e. The third-order valence-corrected chi connectivity index (χ3v) is 5.86. The SMILES string of the molecule is CN(C)CCN(C(=O)c1cccc2c1CCN2)c1cc(Cc2cccc(C(F)(F)F)c2)ccn1. The number of alkyl halides is 3. The highest BCUT2D eigenvalue weighted by Gasteiger charge is 2.30. The number of nitrogens with one attached hydrogen (secondary N) is 1. The summed E-state index contributed by atoms with van der Waals surface area (Å²) >= 11 is 0. The second-order valence-electron chi connectivity index (χ2n) is 8.67. The summed E-state index contributed by atoms with van der Waals surface area (Å²) in [5.74, 6) is 0.353. The summed E-state index contributed by atoms with van der Waals surface area (Å²) in [7, 11) is 3.87. The van der Waals surface area contributed by atoms with E-state index in [-0.39, 0.29) is 5.91 Å². The number of rotatable bonds is 7. The van der Waals surface area contributed by atoms with Crippen LogP contribution in [0.5, 0.6) is 0 Å². The summed E-state index contributed by atoms with van der Waals surface area (Å²) in [6.07, 6.45) is -1.70. The first kappa shape index (κ1) is 23.8. The molecule has 0 aliphatic carbocycles. The number of amides is 1. The predicted molar refractivity (Wildman–Crippen MR) is 127 cm³/mol. The van der Waals surface area contributed by atoms with Gasteiger partial charge < -0.3 is 10.2 Å². The Hall–Kier alpha value is -3.39. The van der Waals surface area contributed by atoms with Gasteiger partial charge in [-0.2, -0.15) is 13.2 Å². The summed E-state index contributed by atoms with van der Waals surface area (Å²) in [4.78, 5) is 21.8. The van der Waals surface area contributed by atoms with Crippen LogP contribution in [0.3, 0.4) is 0 Å². The highest BCUT2D eigenvalue weighted by molar-refractivity contribution is 6.07. The molecule has 0 radical (unpaired) electrons. The van der Waals surface area contributed by atoms with Crippen molar-refractivity contribution in [1.82, 2.24) is 9.88 Å². The Morgan fingerprint density at radius 1 is 1.03 bits per heavy atom. The molecular weight excluding hydrogens is 441 g/mol. The largest absolute Gasteiger partial charge is 0.416 e. The van der Waals surface area contributed by atoms with Gasteiger partial charge in [0.15, 0.2) is 0 Å². The molecular formula is C26H27F3N4O. The van der Waals surface area contributed by atoms with Crippen LogP contribution in [-0.4, -0.2) is 49.5 Å². The lowest BCUT2D eigenvalue weighted by Gasteiger charge is -2.25. The Morgan fingerprint density at radius 3 is 2.56 bits per heavy atom. The maximum atomic E-state index is 13.7. The van der Waals surface area contributed by atoms with E-state index in [4.69, 9.17) is 0 Å². The molecule has 0 fully saturated rings. The zero-order valence-electron chi connectivity index (χ0n) is 19.2. The molecule has 0 unspecified atom stereocenters. The van der Waals surface area contributed by atoms with E-state index in [1.807, 2.05) is 37.2 Å². The Balaban J connectivity index is 1.64. The standard InChI is InChI=1S/C26H27F3N4O/c1-32(2)13-14-33(25(34)22-7-4-8-23-21(22)10-12-30-23)24-17-19(9-11-31-24)15-18-5-3-6-20(16-18)26(27,28)29/h3-9,11,16-17,30H,10,12-15H2,1-2H3. The fourth-order valence-electron chi connectivity index (χ4n) is 4.12. The lowest BCUT2D eigenvalue weighted by atomic mass is 10.0. The van der Waals surface area contributed by atoms with Crippen LogP contribution < -0.4 is 10.2 Å². The lowest BCUT2D eigenvalue weighted by Crippen LogP contribution is -2.37. The first-order valence-electron chi connectivity index (χ1n) is 11.2. The van der Waals surface area contributed by atoms with Gasteiger partial charge in [0.2, 0.25) is 0 Å². The van der Waals surface area contributed by atoms with Gasteiger partial charge in [0.1, 0.15) is 5.82 Å². The van der Waals surface area contributed by atoms with Crippen LogP contribution in [0, 0.1) is 0 Å². The van der Waals surface area contributed by atoms with E-state index in [0.29, 0.717) is 36.5 Å². The van der Waals surface area contributed by atoms with Crippen LogP contribution in [0.15, 0.2) is 60.8 Å². The van der Waals surface area contributed by atoms with Gasteiger partial charge in [-0.3, -0.25) is 9.69 Å². The quantitative estimate of drug-likeness (QED) is 0.538. The second kappa shape index (κ2) is 9.85. The van der Waals surface area contributed by atoms with Crippen molar-refractivity contribution in [2.75, 3.05) is 43.9 Å². The van der Waals surface area contributed by atoms with Crippen molar-refractivity contribution in [2.45, 2.75) is 19.0 Å². The summed E-state index contributed by atoms with van der Waals surface area (Å²) in [5.41, 5.74) is 3.28. The van der Waals surface area contributed by atoms with Crippen LogP contribution in [0.1, 0.15) is 32.6 Å². The van der Waals surface area contributed by atoms with Crippen molar-refractivity contribution in [3.63, 3.8) is 0 Å². The molecule has 0 atom stereocenters. The molecule has 3 aromatic rings. The Bertz CT molecular complexity index is 1180. The summed E-state index contributed by atoms with van der Waals surface area (Å²) in [5, 5.41) is 3.30. The number of pyridine rings is 1. The predicted octanol–water partition coefficient (Wildman–Crippen LogP) is 4.87. The maximum absolute atomic E-state index is 13.7. The van der Waals surface area contributed by atoms with E-state index in [9.17, 15) is 18.0 Å². The molecule has 8 heteroatoms. The molecule has 34 heavy (non-hydrogen) atoms. The first-order chi connectivity index (χ1) is 16.2. The van der Waals surface area contributed by atoms with Gasteiger partial charge >= 0.3 is 6.18 Å². The number of benzene rings is 2. The molecule has 2 aromatic carbocycles. The summed E-state index contributed by atoms with van der Waals surface area (Å²) in [6.45, 7) is 1.86. The van der Waals surface area contributed by atoms with Crippen molar-refractivity contribution in [3.05, 3.63) is 88.6 Å². The van der Waals surface area contributed by atoms with Gasteiger partial charge in [-0.05, 0) is 74.0 Å². The Morgan fingerprint density at radius 2 is 1.79 bits per heavy atom. The van der Waals surface area contributed by atoms with Crippen LogP contribution in [0.4, 0.5) is 24.7 Å². The Kier molecular flexibility index (Phi) is 6.88. The molecule has 0 saturated heterocycles. The van der Waals surface area contributed by atoms with Gasteiger partial charge in [0.05, 0.1) is 5.56 Å². The molecule has 2 heterocycles. The number of carbonyl (C=O) groups excluding carboxylic acids is 1. The average molecular weight is 469 g/mol. The summed E-state index contributed by atoms with van der Waals surface area (Å²) < 4.78 is 39.3. The van der Waals surface area contributed by atoms with Crippen molar-refractivity contribution in [2.24, 2.45) is 0 Å². The fraction of sp³-hybridized carbons (Fsp3) is 0.308. The van der Waals surface area contributed by atoms with E-state index in [0.717, 1.165) is 41.9 Å². The Labute approximate surface area is 197 Å². The molecule has 178 valence electrons. The van der Waals surface area contributed by atoms with Crippen LogP contribution in [0.25, 0.3) is 0 Å². The number of anilines is 2. The molecule has 0 spiro atoms. The second-order valence-corrected chi connectivity index (χ2v) is 8.67. The highest BCUT2D eigenvalue weighted by Crippen LogP contribution is 2.31. The van der Waals surface area contributed by atoms with Crippen molar-refractivity contribution >= 4 is 17.4 Å². The molecule has 0 saturated carbocycles.